The summed E-state index contributed by atoms with van der Waals surface area (Å²) in [6.45, 7) is 2.94. The number of thioether (sulfide) groups is 1. The van der Waals surface area contributed by atoms with Crippen molar-refractivity contribution in [3.05, 3.63) is 29.8 Å². The molecule has 0 radical (unpaired) electrons. The average molecular weight is 299 g/mol. The Morgan fingerprint density at radius 1 is 1.42 bits per heavy atom. The van der Waals surface area contributed by atoms with Crippen molar-refractivity contribution < 1.29 is 8.42 Å². The number of sulfone groups is 1. The van der Waals surface area contributed by atoms with Crippen molar-refractivity contribution in [2.45, 2.75) is 30.2 Å². The van der Waals surface area contributed by atoms with Gasteiger partial charge in [0.05, 0.1) is 5.75 Å². The van der Waals surface area contributed by atoms with Crippen molar-refractivity contribution in [2.24, 2.45) is 0 Å². The van der Waals surface area contributed by atoms with E-state index in [4.69, 9.17) is 0 Å². The maximum absolute atomic E-state index is 11.4. The molecule has 0 aromatic heterocycles. The summed E-state index contributed by atoms with van der Waals surface area (Å²) < 4.78 is 22.7. The highest BCUT2D eigenvalue weighted by Gasteiger charge is 2.30. The Morgan fingerprint density at radius 3 is 2.84 bits per heavy atom. The first kappa shape index (κ1) is 14.9. The summed E-state index contributed by atoms with van der Waals surface area (Å²) in [5.74, 6) is 1.72. The van der Waals surface area contributed by atoms with Crippen LogP contribution in [0.15, 0.2) is 29.2 Å². The highest BCUT2D eigenvalue weighted by molar-refractivity contribution is 7.99. The smallest absolute Gasteiger partial charge is 0.147 e. The lowest BCUT2D eigenvalue weighted by molar-refractivity contribution is 0.452. The topological polar surface area (TPSA) is 46.2 Å². The van der Waals surface area contributed by atoms with Gasteiger partial charge in [-0.2, -0.15) is 0 Å². The van der Waals surface area contributed by atoms with Gasteiger partial charge in [-0.3, -0.25) is 0 Å². The molecule has 2 atom stereocenters. The van der Waals surface area contributed by atoms with Gasteiger partial charge in [-0.1, -0.05) is 25.1 Å². The molecule has 0 bridgehead atoms. The average Bonchev–Trinajstić information content (AvgIpc) is 2.77. The Kier molecular flexibility index (Phi) is 4.92. The van der Waals surface area contributed by atoms with E-state index in [2.05, 4.69) is 36.5 Å². The number of hydrogen-bond acceptors (Lipinski definition) is 4. The van der Waals surface area contributed by atoms with Crippen molar-refractivity contribution in [1.29, 1.82) is 0 Å². The van der Waals surface area contributed by atoms with Crippen molar-refractivity contribution in [3.63, 3.8) is 0 Å². The van der Waals surface area contributed by atoms with E-state index in [0.717, 1.165) is 12.3 Å². The van der Waals surface area contributed by atoms with Crippen LogP contribution in [0.3, 0.4) is 0 Å². The quantitative estimate of drug-likeness (QED) is 0.875. The number of hydrogen-bond donors (Lipinski definition) is 1. The van der Waals surface area contributed by atoms with Gasteiger partial charge in [0.2, 0.25) is 0 Å². The van der Waals surface area contributed by atoms with Crippen molar-refractivity contribution in [1.82, 2.24) is 5.32 Å². The van der Waals surface area contributed by atoms with Gasteiger partial charge in [0.25, 0.3) is 0 Å². The van der Waals surface area contributed by atoms with Crippen LogP contribution in [0.25, 0.3) is 0 Å². The Balaban J connectivity index is 2.12. The number of rotatable bonds is 6. The fourth-order valence-electron chi connectivity index (χ4n) is 2.57. The maximum Gasteiger partial charge on any atom is 0.147 e. The molecule has 1 aromatic rings. The second-order valence-electron chi connectivity index (χ2n) is 5.04. The van der Waals surface area contributed by atoms with E-state index in [0.29, 0.717) is 12.3 Å². The number of fused-ring (bicyclic) bond motifs is 1. The molecule has 2 rings (SSSR count). The van der Waals surface area contributed by atoms with Gasteiger partial charge in [0.15, 0.2) is 0 Å². The lowest BCUT2D eigenvalue weighted by atomic mass is 9.92. The number of benzene rings is 1. The van der Waals surface area contributed by atoms with Crippen LogP contribution >= 0.6 is 11.8 Å². The first-order valence-corrected chi connectivity index (χ1v) is 9.68. The Hall–Kier alpha value is -0.520. The molecule has 0 saturated heterocycles. The minimum atomic E-state index is -2.89. The summed E-state index contributed by atoms with van der Waals surface area (Å²) in [6, 6.07) is 8.70. The summed E-state index contributed by atoms with van der Waals surface area (Å²) in [5, 5.41) is 3.46. The third kappa shape index (κ3) is 3.97. The minimum absolute atomic E-state index is 0.246. The van der Waals surface area contributed by atoms with Gasteiger partial charge in [-0.25, -0.2) is 8.42 Å². The fourth-order valence-corrected chi connectivity index (χ4v) is 4.58. The van der Waals surface area contributed by atoms with Crippen LogP contribution < -0.4 is 5.32 Å². The van der Waals surface area contributed by atoms with E-state index in [1.165, 1.54) is 16.7 Å². The standard InChI is InChI=1S/C14H21NO2S2/c1-3-15-13(8-9-19(2,16)17)12-10-18-14-7-5-4-6-11(12)14/h4-7,12-13,15H,3,8-10H2,1-2H3. The molecule has 106 valence electrons. The van der Waals surface area contributed by atoms with Crippen LogP contribution in [0.4, 0.5) is 0 Å². The Morgan fingerprint density at radius 2 is 2.16 bits per heavy atom. The predicted octanol–water partition coefficient (Wildman–Crippen LogP) is 2.29. The van der Waals surface area contributed by atoms with Crippen LogP contribution in [0.5, 0.6) is 0 Å². The normalized spacial score (nSPS) is 20.2. The first-order valence-electron chi connectivity index (χ1n) is 6.64. The fraction of sp³-hybridized carbons (Fsp3) is 0.571. The molecule has 19 heavy (non-hydrogen) atoms. The molecule has 0 aliphatic carbocycles. The van der Waals surface area contributed by atoms with E-state index < -0.39 is 9.84 Å². The molecule has 0 saturated carbocycles. The second kappa shape index (κ2) is 6.29. The van der Waals surface area contributed by atoms with Gasteiger partial charge in [0, 0.05) is 28.9 Å². The van der Waals surface area contributed by atoms with Crippen molar-refractivity contribution in [3.8, 4) is 0 Å². The van der Waals surface area contributed by atoms with Crippen LogP contribution in [0, 0.1) is 0 Å². The van der Waals surface area contributed by atoms with Crippen molar-refractivity contribution >= 4 is 21.6 Å². The van der Waals surface area contributed by atoms with E-state index >= 15 is 0 Å². The zero-order valence-corrected chi connectivity index (χ0v) is 13.1. The molecule has 1 aromatic carbocycles. The van der Waals surface area contributed by atoms with E-state index in [-0.39, 0.29) is 11.8 Å². The maximum atomic E-state index is 11.4. The highest BCUT2D eigenvalue weighted by atomic mass is 32.2. The molecule has 0 fully saturated rings. The van der Waals surface area contributed by atoms with Crippen LogP contribution in [0.1, 0.15) is 24.8 Å². The van der Waals surface area contributed by atoms with Gasteiger partial charge in [-0.05, 0) is 24.6 Å². The summed E-state index contributed by atoms with van der Waals surface area (Å²) in [4.78, 5) is 1.34. The molecular weight excluding hydrogens is 278 g/mol. The lowest BCUT2D eigenvalue weighted by Gasteiger charge is -2.24. The summed E-state index contributed by atoms with van der Waals surface area (Å²) in [5.41, 5.74) is 1.37. The molecule has 3 nitrogen and oxygen atoms in total. The monoisotopic (exact) mass is 299 g/mol. The largest absolute Gasteiger partial charge is 0.314 e. The first-order chi connectivity index (χ1) is 9.01. The molecule has 0 amide bonds. The zero-order chi connectivity index (χ0) is 13.9. The van der Waals surface area contributed by atoms with Gasteiger partial charge >= 0.3 is 0 Å². The van der Waals surface area contributed by atoms with E-state index in [1.807, 2.05) is 11.8 Å². The highest BCUT2D eigenvalue weighted by Crippen LogP contribution is 2.41. The minimum Gasteiger partial charge on any atom is -0.314 e. The van der Waals surface area contributed by atoms with E-state index in [9.17, 15) is 8.42 Å². The van der Waals surface area contributed by atoms with Crippen LogP contribution in [-0.4, -0.2) is 38.8 Å². The number of nitrogens with one attached hydrogen (secondary N) is 1. The second-order valence-corrected chi connectivity index (χ2v) is 8.36. The third-order valence-electron chi connectivity index (χ3n) is 3.49. The molecular formula is C14H21NO2S2. The van der Waals surface area contributed by atoms with Gasteiger partial charge < -0.3 is 5.32 Å². The van der Waals surface area contributed by atoms with Gasteiger partial charge in [0.1, 0.15) is 9.84 Å². The van der Waals surface area contributed by atoms with E-state index in [1.54, 1.807) is 0 Å². The molecule has 1 aliphatic heterocycles. The number of likely N-dealkylation sites (N-methyl/N-ethyl adjacent to an activating group) is 1. The van der Waals surface area contributed by atoms with Crippen LogP contribution in [-0.2, 0) is 9.84 Å². The molecule has 1 N–H and O–H groups in total. The zero-order valence-electron chi connectivity index (χ0n) is 11.4. The van der Waals surface area contributed by atoms with Crippen molar-refractivity contribution in [2.75, 3.05) is 24.3 Å². The Bertz CT molecular complexity index is 528. The summed E-state index contributed by atoms with van der Waals surface area (Å²) in [6.07, 6.45) is 2.00. The molecule has 1 heterocycles. The lowest BCUT2D eigenvalue weighted by Crippen LogP contribution is -2.36. The molecule has 5 heteroatoms. The third-order valence-corrected chi connectivity index (χ3v) is 5.67. The SMILES string of the molecule is CCNC(CCS(C)(=O)=O)C1CSc2ccccc21. The summed E-state index contributed by atoms with van der Waals surface area (Å²) in [7, 11) is -2.89. The predicted molar refractivity (Wildman–Crippen MR) is 81.7 cm³/mol. The molecule has 0 spiro atoms. The Labute approximate surface area is 120 Å². The van der Waals surface area contributed by atoms with Gasteiger partial charge in [-0.15, -0.1) is 11.8 Å². The summed E-state index contributed by atoms with van der Waals surface area (Å²) >= 11 is 1.87. The molecule has 2 unspecified atom stereocenters. The van der Waals surface area contributed by atoms with Crippen LogP contribution in [0.2, 0.25) is 0 Å². The molecule has 1 aliphatic rings.